The summed E-state index contributed by atoms with van der Waals surface area (Å²) in [4.78, 5) is 10.2. The fourth-order valence-corrected chi connectivity index (χ4v) is 1.18. The number of carboxylic acids is 1. The molecule has 16 heavy (non-hydrogen) atoms. The zero-order valence-corrected chi connectivity index (χ0v) is 8.57. The van der Waals surface area contributed by atoms with Crippen LogP contribution in [0.5, 0.6) is 0 Å². The van der Waals surface area contributed by atoms with Crippen molar-refractivity contribution in [1.82, 2.24) is 0 Å². The van der Waals surface area contributed by atoms with E-state index in [9.17, 15) is 4.79 Å². The van der Waals surface area contributed by atoms with Crippen LogP contribution in [0.25, 0.3) is 0 Å². The number of carboxylic acid groups (broad SMARTS) is 1. The number of hydrogen-bond donors (Lipinski definition) is 1. The van der Waals surface area contributed by atoms with Crippen LogP contribution in [0.2, 0.25) is 0 Å². The van der Waals surface area contributed by atoms with Crippen LogP contribution in [0.4, 0.5) is 0 Å². The van der Waals surface area contributed by atoms with Crippen molar-refractivity contribution in [2.45, 2.75) is 25.7 Å². The Morgan fingerprint density at radius 2 is 1.88 bits per heavy atom. The van der Waals surface area contributed by atoms with Crippen LogP contribution in [-0.2, 0) is 11.2 Å². The summed E-state index contributed by atoms with van der Waals surface area (Å²) in [6, 6.07) is 10.0. The Balaban J connectivity index is 0.00000225. The maximum atomic E-state index is 10.2. The summed E-state index contributed by atoms with van der Waals surface area (Å²) in [5.74, 6) is 5.26. The predicted octanol–water partition coefficient (Wildman–Crippen LogP) is 1.57. The molecule has 0 unspecified atom stereocenters. The average molecular weight is 244 g/mol. The molecule has 0 aliphatic rings. The predicted molar refractivity (Wildman–Crippen MR) is 68.0 cm³/mol. The molecule has 0 radical (unpaired) electrons. The molecule has 0 fully saturated rings. The molecule has 0 heterocycles. The second-order valence-electron chi connectivity index (χ2n) is 3.26. The Labute approximate surface area is 126 Å². The summed E-state index contributed by atoms with van der Waals surface area (Å²) in [5, 5.41) is 8.40. The van der Waals surface area contributed by atoms with Crippen LogP contribution in [0.15, 0.2) is 30.3 Å². The van der Waals surface area contributed by atoms with Gasteiger partial charge in [0.2, 0.25) is 0 Å². The molecule has 0 saturated heterocycles. The Morgan fingerprint density at radius 3 is 2.50 bits per heavy atom. The Hall–Kier alpha value is -0.490. The van der Waals surface area contributed by atoms with Gasteiger partial charge in [0.05, 0.1) is 0 Å². The molecule has 0 bridgehead atoms. The first-order chi connectivity index (χ1) is 7.29. The fourth-order valence-electron chi connectivity index (χ4n) is 1.18. The third-order valence-corrected chi connectivity index (χ3v) is 1.95. The topological polar surface area (TPSA) is 37.3 Å². The number of unbranched alkanes of at least 4 members (excludes halogenated alkanes) is 1. The average Bonchev–Trinajstić information content (AvgIpc) is 2.24. The van der Waals surface area contributed by atoms with E-state index in [1.165, 1.54) is 5.56 Å². The molecule has 0 aromatic heterocycles. The molecule has 0 atom stereocenters. The van der Waals surface area contributed by atoms with Gasteiger partial charge in [-0.25, -0.2) is 0 Å². The van der Waals surface area contributed by atoms with Gasteiger partial charge in [0.15, 0.2) is 0 Å². The van der Waals surface area contributed by atoms with Crippen molar-refractivity contribution in [2.75, 3.05) is 0 Å². The molecular formula is C13H16CaO2. The van der Waals surface area contributed by atoms with Gasteiger partial charge in [-0.3, -0.25) is 4.79 Å². The van der Waals surface area contributed by atoms with E-state index < -0.39 is 5.97 Å². The normalized spacial score (nSPS) is 8.50. The van der Waals surface area contributed by atoms with E-state index in [1.54, 1.807) is 0 Å². The first-order valence-electron chi connectivity index (χ1n) is 5.00. The summed E-state index contributed by atoms with van der Waals surface area (Å²) in [5.41, 5.74) is 1.20. The van der Waals surface area contributed by atoms with Crippen molar-refractivity contribution in [3.8, 4) is 11.8 Å². The van der Waals surface area contributed by atoms with E-state index in [0.717, 1.165) is 6.42 Å². The van der Waals surface area contributed by atoms with Gasteiger partial charge >= 0.3 is 43.7 Å². The van der Waals surface area contributed by atoms with Crippen molar-refractivity contribution < 1.29 is 9.90 Å². The quantitative estimate of drug-likeness (QED) is 0.496. The van der Waals surface area contributed by atoms with Crippen molar-refractivity contribution in [1.29, 1.82) is 0 Å². The third kappa shape index (κ3) is 7.76. The van der Waals surface area contributed by atoms with E-state index in [4.69, 9.17) is 5.11 Å². The van der Waals surface area contributed by atoms with Gasteiger partial charge in [-0.1, -0.05) is 36.3 Å². The SMILES string of the molecule is O=C(O)CCCC#CCc1ccccc1.[CaH2]. The van der Waals surface area contributed by atoms with Gasteiger partial charge in [-0.05, 0) is 12.0 Å². The van der Waals surface area contributed by atoms with Gasteiger partial charge in [0, 0.05) is 19.3 Å². The van der Waals surface area contributed by atoms with Crippen LogP contribution in [0.1, 0.15) is 24.8 Å². The summed E-state index contributed by atoms with van der Waals surface area (Å²) >= 11 is 0. The van der Waals surface area contributed by atoms with Crippen LogP contribution in [0, 0.1) is 11.8 Å². The standard InChI is InChI=1S/C13H14O2.Ca.2H/c14-13(15)11-7-2-1-4-8-12-9-5-3-6-10-12;;;/h3,5-6,9-10H,2,7-8,11H2,(H,14,15);;;. The van der Waals surface area contributed by atoms with Crippen molar-refractivity contribution in [3.05, 3.63) is 35.9 Å². The van der Waals surface area contributed by atoms with Crippen LogP contribution < -0.4 is 0 Å². The Kier molecular flexibility index (Phi) is 9.42. The van der Waals surface area contributed by atoms with Gasteiger partial charge in [0.1, 0.15) is 0 Å². The Morgan fingerprint density at radius 1 is 1.19 bits per heavy atom. The zero-order chi connectivity index (χ0) is 10.9. The molecule has 1 aromatic rings. The maximum absolute atomic E-state index is 10.2. The number of hydrogen-bond acceptors (Lipinski definition) is 1. The van der Waals surface area contributed by atoms with Crippen molar-refractivity contribution in [2.24, 2.45) is 0 Å². The van der Waals surface area contributed by atoms with E-state index in [-0.39, 0.29) is 44.2 Å². The zero-order valence-electron chi connectivity index (χ0n) is 8.57. The van der Waals surface area contributed by atoms with E-state index in [2.05, 4.69) is 11.8 Å². The van der Waals surface area contributed by atoms with Gasteiger partial charge in [0.25, 0.3) is 0 Å². The molecule has 1 aromatic carbocycles. The van der Waals surface area contributed by atoms with Crippen molar-refractivity contribution >= 4 is 43.7 Å². The Bertz CT molecular complexity index is 363. The summed E-state index contributed by atoms with van der Waals surface area (Å²) < 4.78 is 0. The minimum atomic E-state index is -0.750. The van der Waals surface area contributed by atoms with E-state index >= 15 is 0 Å². The monoisotopic (exact) mass is 244 g/mol. The van der Waals surface area contributed by atoms with Crippen molar-refractivity contribution in [3.63, 3.8) is 0 Å². The van der Waals surface area contributed by atoms with Gasteiger partial charge < -0.3 is 5.11 Å². The molecule has 82 valence electrons. The number of benzene rings is 1. The molecule has 0 amide bonds. The van der Waals surface area contributed by atoms with E-state index in [0.29, 0.717) is 12.8 Å². The molecule has 0 spiro atoms. The number of rotatable bonds is 4. The van der Waals surface area contributed by atoms with E-state index in [1.807, 2.05) is 30.3 Å². The molecule has 2 nitrogen and oxygen atoms in total. The number of aliphatic carboxylic acids is 1. The third-order valence-electron chi connectivity index (χ3n) is 1.95. The first kappa shape index (κ1) is 15.5. The fraction of sp³-hybridized carbons (Fsp3) is 0.308. The second-order valence-corrected chi connectivity index (χ2v) is 3.26. The molecule has 0 saturated carbocycles. The summed E-state index contributed by atoms with van der Waals surface area (Å²) in [6.07, 6.45) is 2.25. The summed E-state index contributed by atoms with van der Waals surface area (Å²) in [7, 11) is 0. The molecule has 0 aliphatic carbocycles. The van der Waals surface area contributed by atoms with Crippen LogP contribution >= 0.6 is 0 Å². The number of carbonyl (C=O) groups is 1. The molecule has 1 N–H and O–H groups in total. The molecule has 0 aliphatic heterocycles. The van der Waals surface area contributed by atoms with Crippen LogP contribution in [0.3, 0.4) is 0 Å². The minimum absolute atomic E-state index is 0. The van der Waals surface area contributed by atoms with Crippen LogP contribution in [-0.4, -0.2) is 48.8 Å². The van der Waals surface area contributed by atoms with Gasteiger partial charge in [-0.2, -0.15) is 0 Å². The summed E-state index contributed by atoms with van der Waals surface area (Å²) in [6.45, 7) is 0. The molecule has 1 rings (SSSR count). The first-order valence-corrected chi connectivity index (χ1v) is 5.00. The van der Waals surface area contributed by atoms with Gasteiger partial charge in [-0.15, -0.1) is 5.92 Å². The molecule has 3 heteroatoms. The molecular weight excluding hydrogens is 228 g/mol. The second kappa shape index (κ2) is 9.72.